The third kappa shape index (κ3) is 4.15. The maximum atomic E-state index is 13.3. The highest BCUT2D eigenvalue weighted by molar-refractivity contribution is 7.89. The first kappa shape index (κ1) is 18.6. The van der Waals surface area contributed by atoms with Crippen LogP contribution in [0.25, 0.3) is 0 Å². The molecule has 1 aromatic heterocycles. The SMILES string of the molecule is COc1ccccc1CN(Cc1cccs1)S(=O)(=O)c1ccc(C)cc1. The molecule has 0 amide bonds. The zero-order valence-electron chi connectivity index (χ0n) is 14.8. The van der Waals surface area contributed by atoms with Crippen molar-refractivity contribution in [1.29, 1.82) is 0 Å². The highest BCUT2D eigenvalue weighted by atomic mass is 32.2. The third-order valence-electron chi connectivity index (χ3n) is 4.11. The van der Waals surface area contributed by atoms with Gasteiger partial charge in [-0.15, -0.1) is 11.3 Å². The number of thiophene rings is 1. The van der Waals surface area contributed by atoms with Crippen molar-refractivity contribution in [2.24, 2.45) is 0 Å². The van der Waals surface area contributed by atoms with Crippen molar-refractivity contribution in [3.05, 3.63) is 82.0 Å². The standard InChI is InChI=1S/C20H21NO3S2/c1-16-9-11-19(12-10-16)26(22,23)21(15-18-7-5-13-25-18)14-17-6-3-4-8-20(17)24-2/h3-13H,14-15H2,1-2H3. The van der Waals surface area contributed by atoms with E-state index in [1.54, 1.807) is 30.6 Å². The molecule has 0 spiro atoms. The van der Waals surface area contributed by atoms with Gasteiger partial charge in [-0.1, -0.05) is 42.0 Å². The second-order valence-electron chi connectivity index (χ2n) is 5.98. The van der Waals surface area contributed by atoms with E-state index in [-0.39, 0.29) is 6.54 Å². The van der Waals surface area contributed by atoms with Crippen molar-refractivity contribution in [3.8, 4) is 5.75 Å². The largest absolute Gasteiger partial charge is 0.496 e. The maximum Gasteiger partial charge on any atom is 0.243 e. The van der Waals surface area contributed by atoms with Gasteiger partial charge < -0.3 is 4.74 Å². The molecule has 136 valence electrons. The molecule has 0 saturated heterocycles. The highest BCUT2D eigenvalue weighted by Crippen LogP contribution is 2.26. The molecule has 0 fully saturated rings. The van der Waals surface area contributed by atoms with Crippen molar-refractivity contribution in [3.63, 3.8) is 0 Å². The number of hydrogen-bond donors (Lipinski definition) is 0. The summed E-state index contributed by atoms with van der Waals surface area (Å²) in [5.74, 6) is 0.683. The Bertz CT molecular complexity index is 949. The summed E-state index contributed by atoms with van der Waals surface area (Å²) in [6.45, 7) is 2.51. The maximum absolute atomic E-state index is 13.3. The van der Waals surface area contributed by atoms with E-state index in [0.717, 1.165) is 16.0 Å². The zero-order valence-corrected chi connectivity index (χ0v) is 16.4. The Labute approximate surface area is 158 Å². The van der Waals surface area contributed by atoms with Gasteiger partial charge in [0, 0.05) is 23.5 Å². The number of para-hydroxylation sites is 1. The molecule has 0 bridgehead atoms. The van der Waals surface area contributed by atoms with Gasteiger partial charge in [0.15, 0.2) is 0 Å². The summed E-state index contributed by atoms with van der Waals surface area (Å²) in [4.78, 5) is 1.30. The van der Waals surface area contributed by atoms with Crippen molar-refractivity contribution in [1.82, 2.24) is 4.31 Å². The Morgan fingerprint density at radius 3 is 2.35 bits per heavy atom. The number of benzene rings is 2. The van der Waals surface area contributed by atoms with Crippen LogP contribution in [0, 0.1) is 6.92 Å². The molecule has 3 rings (SSSR count). The summed E-state index contributed by atoms with van der Waals surface area (Å²) in [6.07, 6.45) is 0. The Kier molecular flexibility index (Phi) is 5.76. The summed E-state index contributed by atoms with van der Waals surface area (Å²) in [5, 5.41) is 1.95. The summed E-state index contributed by atoms with van der Waals surface area (Å²) >= 11 is 1.55. The molecule has 0 radical (unpaired) electrons. The van der Waals surface area contributed by atoms with Crippen molar-refractivity contribution in [2.45, 2.75) is 24.9 Å². The lowest BCUT2D eigenvalue weighted by Gasteiger charge is -2.23. The van der Waals surface area contributed by atoms with Crippen LogP contribution in [-0.2, 0) is 23.1 Å². The van der Waals surface area contributed by atoms with Crippen LogP contribution in [0.2, 0.25) is 0 Å². The van der Waals surface area contributed by atoms with Crippen molar-refractivity contribution >= 4 is 21.4 Å². The van der Waals surface area contributed by atoms with E-state index in [0.29, 0.717) is 17.2 Å². The van der Waals surface area contributed by atoms with E-state index in [4.69, 9.17) is 4.74 Å². The molecule has 6 heteroatoms. The predicted molar refractivity (Wildman–Crippen MR) is 105 cm³/mol. The minimum atomic E-state index is -3.63. The first-order valence-electron chi connectivity index (χ1n) is 8.22. The van der Waals surface area contributed by atoms with Gasteiger partial charge in [0.25, 0.3) is 0 Å². The minimum absolute atomic E-state index is 0.248. The van der Waals surface area contributed by atoms with Crippen LogP contribution in [0.4, 0.5) is 0 Å². The fourth-order valence-electron chi connectivity index (χ4n) is 2.69. The Morgan fingerprint density at radius 2 is 1.69 bits per heavy atom. The van der Waals surface area contributed by atoms with Gasteiger partial charge in [0.1, 0.15) is 5.75 Å². The fraction of sp³-hybridized carbons (Fsp3) is 0.200. The van der Waals surface area contributed by atoms with Crippen LogP contribution in [-0.4, -0.2) is 19.8 Å². The Hall–Kier alpha value is -2.15. The second kappa shape index (κ2) is 8.03. The van der Waals surface area contributed by atoms with Crippen molar-refractivity contribution in [2.75, 3.05) is 7.11 Å². The molecule has 0 aliphatic heterocycles. The molecule has 0 saturated carbocycles. The Morgan fingerprint density at radius 1 is 0.962 bits per heavy atom. The first-order chi connectivity index (χ1) is 12.5. The molecule has 0 aliphatic carbocycles. The molecule has 0 unspecified atom stereocenters. The number of hydrogen-bond acceptors (Lipinski definition) is 4. The zero-order chi connectivity index (χ0) is 18.6. The predicted octanol–water partition coefficient (Wildman–Crippen LogP) is 4.46. The lowest BCUT2D eigenvalue weighted by Crippen LogP contribution is -2.30. The lowest BCUT2D eigenvalue weighted by molar-refractivity contribution is 0.377. The second-order valence-corrected chi connectivity index (χ2v) is 8.95. The smallest absolute Gasteiger partial charge is 0.243 e. The molecule has 0 N–H and O–H groups in total. The summed E-state index contributed by atoms with van der Waals surface area (Å²) < 4.78 is 33.4. The number of nitrogens with zero attached hydrogens (tertiary/aromatic N) is 1. The lowest BCUT2D eigenvalue weighted by atomic mass is 10.2. The van der Waals surface area contributed by atoms with Crippen LogP contribution in [0.1, 0.15) is 16.0 Å². The van der Waals surface area contributed by atoms with Crippen LogP contribution in [0.3, 0.4) is 0 Å². The topological polar surface area (TPSA) is 46.6 Å². The highest BCUT2D eigenvalue weighted by Gasteiger charge is 2.26. The first-order valence-corrected chi connectivity index (χ1v) is 10.5. The molecule has 4 nitrogen and oxygen atoms in total. The number of methoxy groups -OCH3 is 1. The molecular weight excluding hydrogens is 366 g/mol. The van der Waals surface area contributed by atoms with E-state index in [1.165, 1.54) is 4.31 Å². The average molecular weight is 388 g/mol. The monoisotopic (exact) mass is 387 g/mol. The van der Waals surface area contributed by atoms with Crippen LogP contribution in [0.15, 0.2) is 70.9 Å². The molecule has 3 aromatic rings. The normalized spacial score (nSPS) is 11.7. The van der Waals surface area contributed by atoms with E-state index < -0.39 is 10.0 Å². The van der Waals surface area contributed by atoms with Crippen LogP contribution in [0.5, 0.6) is 5.75 Å². The van der Waals surface area contributed by atoms with Crippen LogP contribution < -0.4 is 4.74 Å². The van der Waals surface area contributed by atoms with E-state index in [1.807, 2.05) is 60.8 Å². The molecule has 2 aromatic carbocycles. The van der Waals surface area contributed by atoms with Gasteiger partial charge in [0.05, 0.1) is 12.0 Å². The van der Waals surface area contributed by atoms with E-state index >= 15 is 0 Å². The number of rotatable bonds is 7. The molecule has 0 atom stereocenters. The molecule has 0 aliphatic rings. The van der Waals surface area contributed by atoms with Gasteiger partial charge in [-0.3, -0.25) is 0 Å². The quantitative estimate of drug-likeness (QED) is 0.601. The Balaban J connectivity index is 1.98. The molecular formula is C20H21NO3S2. The third-order valence-corrected chi connectivity index (χ3v) is 6.78. The summed E-state index contributed by atoms with van der Waals surface area (Å²) in [5.41, 5.74) is 1.86. The number of sulfonamides is 1. The van der Waals surface area contributed by atoms with Gasteiger partial charge in [0.2, 0.25) is 10.0 Å². The summed E-state index contributed by atoms with van der Waals surface area (Å²) in [7, 11) is -2.04. The van der Waals surface area contributed by atoms with Crippen molar-refractivity contribution < 1.29 is 13.2 Å². The molecule has 1 heterocycles. The minimum Gasteiger partial charge on any atom is -0.496 e. The van der Waals surface area contributed by atoms with Crippen LogP contribution >= 0.6 is 11.3 Å². The molecule has 26 heavy (non-hydrogen) atoms. The van der Waals surface area contributed by atoms with Gasteiger partial charge in [-0.2, -0.15) is 4.31 Å². The number of ether oxygens (including phenoxy) is 1. The van der Waals surface area contributed by atoms with E-state index in [2.05, 4.69) is 0 Å². The van der Waals surface area contributed by atoms with Gasteiger partial charge in [-0.25, -0.2) is 8.42 Å². The summed E-state index contributed by atoms with van der Waals surface area (Å²) in [6, 6.07) is 18.3. The van der Waals surface area contributed by atoms with Gasteiger partial charge in [-0.05, 0) is 36.6 Å². The fourth-order valence-corrected chi connectivity index (χ4v) is 4.88. The number of aryl methyl sites for hydroxylation is 1. The van der Waals surface area contributed by atoms with E-state index in [9.17, 15) is 8.42 Å². The van der Waals surface area contributed by atoms with Gasteiger partial charge >= 0.3 is 0 Å². The average Bonchev–Trinajstić information content (AvgIpc) is 3.15.